The van der Waals surface area contributed by atoms with E-state index in [1.165, 1.54) is 22.7 Å². The molecule has 8 heteroatoms. The molecule has 0 spiro atoms. The second-order valence-corrected chi connectivity index (χ2v) is 9.00. The Balaban J connectivity index is 1.38. The maximum absolute atomic E-state index is 13.3. The number of aryl methyl sites for hydroxylation is 1. The molecule has 1 fully saturated rings. The molecule has 2 aromatic carbocycles. The van der Waals surface area contributed by atoms with Crippen LogP contribution in [0, 0.1) is 6.92 Å². The average molecular weight is 472 g/mol. The zero-order chi connectivity index (χ0) is 23.4. The van der Waals surface area contributed by atoms with E-state index in [0.29, 0.717) is 31.7 Å². The van der Waals surface area contributed by atoms with Crippen LogP contribution in [0.3, 0.4) is 0 Å². The van der Waals surface area contributed by atoms with E-state index in [9.17, 15) is 18.0 Å². The van der Waals surface area contributed by atoms with Gasteiger partial charge < -0.3 is 9.80 Å². The number of aromatic nitrogens is 1. The van der Waals surface area contributed by atoms with Gasteiger partial charge >= 0.3 is 6.18 Å². The number of amides is 1. The first-order chi connectivity index (χ1) is 15.8. The number of pyridine rings is 1. The van der Waals surface area contributed by atoms with E-state index in [2.05, 4.69) is 36.2 Å². The number of halogens is 3. The van der Waals surface area contributed by atoms with Crippen LogP contribution in [0.25, 0.3) is 0 Å². The van der Waals surface area contributed by atoms with Crippen molar-refractivity contribution in [3.63, 3.8) is 0 Å². The number of thioether (sulfide) groups is 1. The molecule has 0 saturated carbocycles. The fourth-order valence-corrected chi connectivity index (χ4v) is 4.61. The Hall–Kier alpha value is -3.00. The van der Waals surface area contributed by atoms with Crippen LogP contribution in [0.15, 0.2) is 71.8 Å². The molecule has 0 unspecified atom stereocenters. The maximum Gasteiger partial charge on any atom is 0.419 e. The summed E-state index contributed by atoms with van der Waals surface area (Å²) in [6.07, 6.45) is -3.10. The quantitative estimate of drug-likeness (QED) is 0.450. The molecular formula is C25H24F3N3OS. The van der Waals surface area contributed by atoms with E-state index in [1.54, 1.807) is 27.6 Å². The molecule has 0 radical (unpaired) electrons. The van der Waals surface area contributed by atoms with E-state index < -0.39 is 11.7 Å². The molecule has 0 N–H and O–H groups in total. The summed E-state index contributed by atoms with van der Waals surface area (Å²) in [5, 5.41) is 0. The van der Waals surface area contributed by atoms with Gasteiger partial charge in [0.2, 0.25) is 0 Å². The molecule has 0 bridgehead atoms. The zero-order valence-corrected chi connectivity index (χ0v) is 19.0. The Labute approximate surface area is 195 Å². The highest BCUT2D eigenvalue weighted by atomic mass is 32.2. The van der Waals surface area contributed by atoms with Gasteiger partial charge in [0.1, 0.15) is 5.82 Å². The summed E-state index contributed by atoms with van der Waals surface area (Å²) in [7, 11) is 0. The first kappa shape index (κ1) is 23.2. The molecule has 2 heterocycles. The lowest BCUT2D eigenvalue weighted by Gasteiger charge is -2.36. The van der Waals surface area contributed by atoms with Crippen LogP contribution in [-0.2, 0) is 11.9 Å². The Bertz CT molecular complexity index is 1110. The van der Waals surface area contributed by atoms with Gasteiger partial charge in [-0.05, 0) is 48.9 Å². The van der Waals surface area contributed by atoms with Crippen molar-refractivity contribution in [2.24, 2.45) is 0 Å². The summed E-state index contributed by atoms with van der Waals surface area (Å²) in [6.45, 7) is 3.34. The molecule has 4 rings (SSSR count). The molecule has 3 aromatic rings. The summed E-state index contributed by atoms with van der Waals surface area (Å²) < 4.78 is 40.0. The minimum absolute atomic E-state index is 0.0766. The SMILES string of the molecule is Cc1ccc(SCc2cccc(C(=O)N3CCN(c4ncccc4C(F)(F)F)CC3)c2)cc1. The zero-order valence-electron chi connectivity index (χ0n) is 18.2. The van der Waals surface area contributed by atoms with Crippen LogP contribution in [0.2, 0.25) is 0 Å². The standard InChI is InChI=1S/C25H24F3N3OS/c1-18-7-9-21(10-8-18)33-17-19-4-2-5-20(16-19)24(32)31-14-12-30(13-15-31)23-22(25(26,27)28)6-3-11-29-23/h2-11,16H,12-15,17H2,1H3. The van der Waals surface area contributed by atoms with Gasteiger partial charge in [-0.25, -0.2) is 4.98 Å². The molecule has 1 aliphatic rings. The van der Waals surface area contributed by atoms with Gasteiger partial charge in [-0.3, -0.25) is 4.79 Å². The number of rotatable bonds is 5. The molecular weight excluding hydrogens is 447 g/mol. The summed E-state index contributed by atoms with van der Waals surface area (Å²) >= 11 is 1.71. The van der Waals surface area contributed by atoms with Crippen molar-refractivity contribution < 1.29 is 18.0 Å². The van der Waals surface area contributed by atoms with E-state index >= 15 is 0 Å². The first-order valence-corrected chi connectivity index (χ1v) is 11.6. The Morgan fingerprint density at radius 2 is 1.73 bits per heavy atom. The van der Waals surface area contributed by atoms with Crippen LogP contribution >= 0.6 is 11.8 Å². The third-order valence-electron chi connectivity index (χ3n) is 5.56. The number of anilines is 1. The van der Waals surface area contributed by atoms with E-state index in [0.717, 1.165) is 17.4 Å². The average Bonchev–Trinajstić information content (AvgIpc) is 2.83. The van der Waals surface area contributed by atoms with Crippen LogP contribution < -0.4 is 4.90 Å². The van der Waals surface area contributed by atoms with Crippen molar-refractivity contribution in [2.45, 2.75) is 23.7 Å². The van der Waals surface area contributed by atoms with E-state index in [1.807, 2.05) is 18.2 Å². The smallest absolute Gasteiger partial charge is 0.353 e. The number of hydrogen-bond acceptors (Lipinski definition) is 4. The number of benzene rings is 2. The number of piperazine rings is 1. The van der Waals surface area contributed by atoms with Gasteiger partial charge in [0.15, 0.2) is 0 Å². The second kappa shape index (κ2) is 9.87. The third-order valence-corrected chi connectivity index (χ3v) is 6.64. The lowest BCUT2D eigenvalue weighted by molar-refractivity contribution is -0.137. The fourth-order valence-electron chi connectivity index (χ4n) is 3.77. The normalized spacial score (nSPS) is 14.4. The minimum Gasteiger partial charge on any atom is -0.353 e. The fraction of sp³-hybridized carbons (Fsp3) is 0.280. The van der Waals surface area contributed by atoms with E-state index in [4.69, 9.17) is 0 Å². The van der Waals surface area contributed by atoms with Crippen molar-refractivity contribution in [3.05, 3.63) is 89.1 Å². The number of alkyl halides is 3. The molecule has 1 amide bonds. The van der Waals surface area contributed by atoms with E-state index in [-0.39, 0.29) is 11.7 Å². The number of carbonyl (C=O) groups excluding carboxylic acids is 1. The molecule has 1 saturated heterocycles. The summed E-state index contributed by atoms with van der Waals surface area (Å²) in [5.41, 5.74) is 2.11. The maximum atomic E-state index is 13.3. The van der Waals surface area contributed by atoms with Crippen molar-refractivity contribution in [1.29, 1.82) is 0 Å². The molecule has 172 valence electrons. The van der Waals surface area contributed by atoms with Crippen molar-refractivity contribution in [2.75, 3.05) is 31.1 Å². The lowest BCUT2D eigenvalue weighted by Crippen LogP contribution is -2.49. The monoisotopic (exact) mass is 471 g/mol. The van der Waals surface area contributed by atoms with Crippen molar-refractivity contribution >= 4 is 23.5 Å². The third kappa shape index (κ3) is 5.68. The lowest BCUT2D eigenvalue weighted by atomic mass is 10.1. The Morgan fingerprint density at radius 1 is 1.00 bits per heavy atom. The molecule has 1 aliphatic heterocycles. The highest BCUT2D eigenvalue weighted by molar-refractivity contribution is 7.98. The number of hydrogen-bond donors (Lipinski definition) is 0. The molecule has 0 aliphatic carbocycles. The van der Waals surface area contributed by atoms with Gasteiger partial charge in [-0.15, -0.1) is 11.8 Å². The number of carbonyl (C=O) groups is 1. The highest BCUT2D eigenvalue weighted by Gasteiger charge is 2.36. The first-order valence-electron chi connectivity index (χ1n) is 10.7. The Morgan fingerprint density at radius 3 is 2.42 bits per heavy atom. The molecule has 0 atom stereocenters. The van der Waals surface area contributed by atoms with Gasteiger partial charge in [0, 0.05) is 48.6 Å². The Kier molecular flexibility index (Phi) is 6.93. The summed E-state index contributed by atoms with van der Waals surface area (Å²) in [5.74, 6) is 0.568. The van der Waals surface area contributed by atoms with Gasteiger partial charge in [-0.2, -0.15) is 13.2 Å². The molecule has 1 aromatic heterocycles. The van der Waals surface area contributed by atoms with Crippen LogP contribution in [-0.4, -0.2) is 42.0 Å². The van der Waals surface area contributed by atoms with Crippen molar-refractivity contribution in [3.8, 4) is 0 Å². The van der Waals surface area contributed by atoms with Crippen LogP contribution in [0.5, 0.6) is 0 Å². The number of nitrogens with zero attached hydrogens (tertiary/aromatic N) is 3. The summed E-state index contributed by atoms with van der Waals surface area (Å²) in [6, 6.07) is 18.2. The molecule has 33 heavy (non-hydrogen) atoms. The van der Waals surface area contributed by atoms with Gasteiger partial charge in [0.05, 0.1) is 5.56 Å². The largest absolute Gasteiger partial charge is 0.419 e. The van der Waals surface area contributed by atoms with Crippen LogP contribution in [0.1, 0.15) is 27.0 Å². The predicted molar refractivity (Wildman–Crippen MR) is 125 cm³/mol. The topological polar surface area (TPSA) is 36.4 Å². The molecule has 4 nitrogen and oxygen atoms in total. The highest BCUT2D eigenvalue weighted by Crippen LogP contribution is 2.35. The van der Waals surface area contributed by atoms with Crippen LogP contribution in [0.4, 0.5) is 19.0 Å². The second-order valence-electron chi connectivity index (χ2n) is 7.95. The van der Waals surface area contributed by atoms with Gasteiger partial charge in [0.25, 0.3) is 5.91 Å². The summed E-state index contributed by atoms with van der Waals surface area (Å²) in [4.78, 5) is 21.5. The van der Waals surface area contributed by atoms with Gasteiger partial charge in [-0.1, -0.05) is 29.8 Å². The van der Waals surface area contributed by atoms with Crippen molar-refractivity contribution in [1.82, 2.24) is 9.88 Å². The minimum atomic E-state index is -4.46. The predicted octanol–water partition coefficient (Wildman–Crippen LogP) is 5.66.